The first-order valence-electron chi connectivity index (χ1n) is 6.01. The van der Waals surface area contributed by atoms with Crippen molar-refractivity contribution >= 4 is 6.21 Å². The number of hydrogen-bond donors (Lipinski definition) is 1. The third-order valence-corrected chi connectivity index (χ3v) is 2.15. The molecule has 16 heavy (non-hydrogen) atoms. The van der Waals surface area contributed by atoms with Crippen molar-refractivity contribution in [3.63, 3.8) is 0 Å². The maximum Gasteiger partial charge on any atom is 0.128 e. The molecule has 0 heterocycles. The minimum atomic E-state index is 0.979. The molecule has 0 amide bonds. The third-order valence-electron chi connectivity index (χ3n) is 2.15. The Morgan fingerprint density at radius 2 is 2.06 bits per heavy atom. The second-order valence-electron chi connectivity index (χ2n) is 3.53. The first kappa shape index (κ1) is 14.9. The van der Waals surface area contributed by atoms with E-state index >= 15 is 0 Å². The summed E-state index contributed by atoms with van der Waals surface area (Å²) >= 11 is 0. The van der Waals surface area contributed by atoms with Crippen LogP contribution in [0.4, 0.5) is 0 Å². The molecule has 0 radical (unpaired) electrons. The number of rotatable bonds is 8. The van der Waals surface area contributed by atoms with Crippen molar-refractivity contribution in [3.05, 3.63) is 24.0 Å². The molecule has 92 valence electrons. The molecule has 0 aromatic heterocycles. The molecule has 0 saturated carbocycles. The second-order valence-corrected chi connectivity index (χ2v) is 3.53. The predicted octanol–water partition coefficient (Wildman–Crippen LogP) is 2.43. The van der Waals surface area contributed by atoms with Crippen molar-refractivity contribution in [2.45, 2.75) is 27.2 Å². The van der Waals surface area contributed by atoms with E-state index in [0.717, 1.165) is 31.9 Å². The Hall–Kier alpha value is -1.09. The Labute approximate surface area is 99.9 Å². The van der Waals surface area contributed by atoms with Crippen LogP contribution >= 0.6 is 0 Å². The van der Waals surface area contributed by atoms with Gasteiger partial charge in [-0.05, 0) is 33.4 Å². The van der Waals surface area contributed by atoms with Crippen LogP contribution in [0.2, 0.25) is 0 Å². The van der Waals surface area contributed by atoms with Crippen LogP contribution in [0, 0.1) is 0 Å². The molecule has 0 aliphatic carbocycles. The molecule has 0 spiro atoms. The summed E-state index contributed by atoms with van der Waals surface area (Å²) in [5.74, 6) is 1.04. The lowest BCUT2D eigenvalue weighted by Crippen LogP contribution is -2.30. The molecule has 0 unspecified atom stereocenters. The van der Waals surface area contributed by atoms with Gasteiger partial charge in [0, 0.05) is 25.8 Å². The lowest BCUT2D eigenvalue weighted by atomic mass is 10.3. The minimum absolute atomic E-state index is 0.979. The van der Waals surface area contributed by atoms with Gasteiger partial charge in [-0.25, -0.2) is 4.99 Å². The maximum atomic E-state index is 4.42. The molecule has 0 aliphatic heterocycles. The van der Waals surface area contributed by atoms with Gasteiger partial charge in [-0.15, -0.1) is 0 Å². The largest absolute Gasteiger partial charge is 0.355 e. The summed E-state index contributed by atoms with van der Waals surface area (Å²) in [4.78, 5) is 6.72. The van der Waals surface area contributed by atoms with E-state index in [4.69, 9.17) is 0 Å². The highest BCUT2D eigenvalue weighted by atomic mass is 15.2. The van der Waals surface area contributed by atoms with Gasteiger partial charge in [-0.3, -0.25) is 0 Å². The highest BCUT2D eigenvalue weighted by Crippen LogP contribution is 2.06. The highest BCUT2D eigenvalue weighted by molar-refractivity contribution is 5.55. The van der Waals surface area contributed by atoms with Gasteiger partial charge in [0.25, 0.3) is 0 Å². The predicted molar refractivity (Wildman–Crippen MR) is 72.9 cm³/mol. The molecular weight excluding hydrogens is 198 g/mol. The molecule has 3 nitrogen and oxygen atoms in total. The zero-order valence-electron chi connectivity index (χ0n) is 11.0. The second kappa shape index (κ2) is 10.4. The standard InChI is InChI=1S/C13H25N3/c1-5-8-9-13(15-7-3)16(11-6-2)12-10-14-4/h5,7-9,14H,6,10-12H2,1-4H3/b8-5-,13-9+,15-7-. The van der Waals surface area contributed by atoms with Gasteiger partial charge in [0.15, 0.2) is 0 Å². The summed E-state index contributed by atoms with van der Waals surface area (Å²) in [5, 5.41) is 3.17. The van der Waals surface area contributed by atoms with Crippen LogP contribution in [0.5, 0.6) is 0 Å². The molecule has 0 bridgehead atoms. The fraction of sp³-hybridized carbons (Fsp3) is 0.615. The number of hydrogen-bond acceptors (Lipinski definition) is 3. The fourth-order valence-corrected chi connectivity index (χ4v) is 1.40. The summed E-state index contributed by atoms with van der Waals surface area (Å²) < 4.78 is 0. The summed E-state index contributed by atoms with van der Waals surface area (Å²) in [6.07, 6.45) is 9.09. The third kappa shape index (κ3) is 6.40. The van der Waals surface area contributed by atoms with E-state index in [9.17, 15) is 0 Å². The van der Waals surface area contributed by atoms with E-state index < -0.39 is 0 Å². The van der Waals surface area contributed by atoms with Crippen molar-refractivity contribution in [2.24, 2.45) is 4.99 Å². The lowest BCUT2D eigenvalue weighted by molar-refractivity contribution is 0.342. The van der Waals surface area contributed by atoms with Gasteiger partial charge < -0.3 is 10.2 Å². The normalized spacial score (nSPS) is 12.9. The monoisotopic (exact) mass is 223 g/mol. The number of nitrogens with zero attached hydrogens (tertiary/aromatic N) is 2. The Balaban J connectivity index is 4.64. The van der Waals surface area contributed by atoms with Crippen LogP contribution in [0.1, 0.15) is 27.2 Å². The zero-order valence-corrected chi connectivity index (χ0v) is 11.0. The average molecular weight is 223 g/mol. The maximum absolute atomic E-state index is 4.42. The van der Waals surface area contributed by atoms with Gasteiger partial charge in [0.1, 0.15) is 5.82 Å². The molecule has 0 fully saturated rings. The molecule has 3 heteroatoms. The van der Waals surface area contributed by atoms with Crippen LogP contribution in [-0.4, -0.2) is 37.8 Å². The molecule has 0 rings (SSSR count). The van der Waals surface area contributed by atoms with Gasteiger partial charge in [-0.2, -0.15) is 0 Å². The van der Waals surface area contributed by atoms with Gasteiger partial charge >= 0.3 is 0 Å². The number of likely N-dealkylation sites (N-methyl/N-ethyl adjacent to an activating group) is 1. The Kier molecular flexibility index (Phi) is 9.72. The Morgan fingerprint density at radius 1 is 1.31 bits per heavy atom. The molecular formula is C13H25N3. The van der Waals surface area contributed by atoms with Crippen molar-refractivity contribution < 1.29 is 0 Å². The fourth-order valence-electron chi connectivity index (χ4n) is 1.40. The smallest absolute Gasteiger partial charge is 0.128 e. The number of nitrogens with one attached hydrogen (secondary N) is 1. The van der Waals surface area contributed by atoms with Gasteiger partial charge in [-0.1, -0.05) is 19.1 Å². The molecule has 0 aromatic carbocycles. The molecule has 0 aliphatic rings. The summed E-state index contributed by atoms with van der Waals surface area (Å²) in [6, 6.07) is 0. The van der Waals surface area contributed by atoms with Gasteiger partial charge in [0.2, 0.25) is 0 Å². The van der Waals surface area contributed by atoms with E-state index in [1.54, 1.807) is 0 Å². The van der Waals surface area contributed by atoms with Crippen molar-refractivity contribution in [3.8, 4) is 0 Å². The minimum Gasteiger partial charge on any atom is -0.355 e. The lowest BCUT2D eigenvalue weighted by Gasteiger charge is -2.24. The topological polar surface area (TPSA) is 27.6 Å². The summed E-state index contributed by atoms with van der Waals surface area (Å²) in [6.45, 7) is 9.17. The Bertz CT molecular complexity index is 242. The summed E-state index contributed by atoms with van der Waals surface area (Å²) in [5.41, 5.74) is 0. The molecule has 0 atom stereocenters. The first-order chi connectivity index (χ1) is 7.79. The number of allylic oxidation sites excluding steroid dienone is 3. The average Bonchev–Trinajstić information content (AvgIpc) is 2.30. The van der Waals surface area contributed by atoms with E-state index in [-0.39, 0.29) is 0 Å². The SMILES string of the molecule is C\C=C/C=C(\N=C/C)N(CCC)CCNC. The van der Waals surface area contributed by atoms with E-state index in [1.807, 2.05) is 39.3 Å². The Morgan fingerprint density at radius 3 is 2.56 bits per heavy atom. The zero-order chi connectivity index (χ0) is 12.2. The van der Waals surface area contributed by atoms with E-state index in [0.29, 0.717) is 0 Å². The van der Waals surface area contributed by atoms with Crippen LogP contribution < -0.4 is 5.32 Å². The van der Waals surface area contributed by atoms with Crippen LogP contribution in [0.15, 0.2) is 29.0 Å². The van der Waals surface area contributed by atoms with Crippen molar-refractivity contribution in [1.29, 1.82) is 0 Å². The summed E-state index contributed by atoms with van der Waals surface area (Å²) in [7, 11) is 1.97. The highest BCUT2D eigenvalue weighted by Gasteiger charge is 2.05. The molecule has 0 aromatic rings. The van der Waals surface area contributed by atoms with E-state index in [2.05, 4.69) is 28.2 Å². The van der Waals surface area contributed by atoms with Gasteiger partial charge in [0.05, 0.1) is 0 Å². The first-order valence-corrected chi connectivity index (χ1v) is 6.01. The molecule has 0 saturated heterocycles. The quantitative estimate of drug-likeness (QED) is 0.505. The van der Waals surface area contributed by atoms with Crippen LogP contribution in [-0.2, 0) is 0 Å². The van der Waals surface area contributed by atoms with Crippen LogP contribution in [0.25, 0.3) is 0 Å². The van der Waals surface area contributed by atoms with Crippen molar-refractivity contribution in [2.75, 3.05) is 26.7 Å². The number of aliphatic imine (C=N–C) groups is 1. The van der Waals surface area contributed by atoms with E-state index in [1.165, 1.54) is 0 Å². The molecule has 1 N–H and O–H groups in total. The van der Waals surface area contributed by atoms with Crippen molar-refractivity contribution in [1.82, 2.24) is 10.2 Å². The van der Waals surface area contributed by atoms with Crippen LogP contribution in [0.3, 0.4) is 0 Å².